The highest BCUT2D eigenvalue weighted by Crippen LogP contribution is 2.27. The number of esters is 1. The number of pyridine rings is 1. The predicted molar refractivity (Wildman–Crippen MR) is 93.0 cm³/mol. The van der Waals surface area contributed by atoms with Crippen LogP contribution in [-0.4, -0.2) is 42.2 Å². The number of rotatable bonds is 5. The molecular weight excluding hydrogens is 320 g/mol. The monoisotopic (exact) mass is 340 g/mol. The van der Waals surface area contributed by atoms with Gasteiger partial charge in [0, 0.05) is 25.0 Å². The number of aromatic nitrogens is 1. The first-order valence-electron chi connectivity index (χ1n) is 8.19. The van der Waals surface area contributed by atoms with Crippen molar-refractivity contribution in [3.05, 3.63) is 59.4 Å². The Bertz CT molecular complexity index is 790. The molecule has 1 aliphatic heterocycles. The van der Waals surface area contributed by atoms with E-state index in [4.69, 9.17) is 9.84 Å². The molecule has 6 heteroatoms. The lowest BCUT2D eigenvalue weighted by atomic mass is 9.95. The Morgan fingerprint density at radius 3 is 2.88 bits per heavy atom. The van der Waals surface area contributed by atoms with Crippen LogP contribution >= 0.6 is 0 Å². The van der Waals surface area contributed by atoms with Gasteiger partial charge in [0.25, 0.3) is 0 Å². The number of methoxy groups -OCH3 is 1. The van der Waals surface area contributed by atoms with E-state index in [0.29, 0.717) is 11.5 Å². The fourth-order valence-corrected chi connectivity index (χ4v) is 3.29. The average molecular weight is 340 g/mol. The highest BCUT2D eigenvalue weighted by atomic mass is 16.5. The molecule has 2 aromatic rings. The first kappa shape index (κ1) is 17.0. The van der Waals surface area contributed by atoms with Crippen LogP contribution in [0.25, 0.3) is 0 Å². The third kappa shape index (κ3) is 3.79. The zero-order valence-corrected chi connectivity index (χ0v) is 14.0. The molecule has 25 heavy (non-hydrogen) atoms. The number of carbonyl (C=O) groups is 2. The standard InChI is InChI=1S/C19H20N2O4/c1-25-19(24)16-5-3-2-4-14(16)10-13-7-9-21(12-13)15-6-8-20-17(11-15)18(22)23/h2-6,8,11,13H,7,9-10,12H2,1H3,(H,22,23). The van der Waals surface area contributed by atoms with Crippen molar-refractivity contribution in [2.24, 2.45) is 5.92 Å². The van der Waals surface area contributed by atoms with Crippen molar-refractivity contribution in [2.45, 2.75) is 12.8 Å². The number of carbonyl (C=O) groups excluding carboxylic acids is 1. The Labute approximate surface area is 146 Å². The maximum Gasteiger partial charge on any atom is 0.354 e. The summed E-state index contributed by atoms with van der Waals surface area (Å²) in [4.78, 5) is 29.0. The van der Waals surface area contributed by atoms with Gasteiger partial charge in [-0.2, -0.15) is 0 Å². The predicted octanol–water partition coefficient (Wildman–Crippen LogP) is 2.64. The van der Waals surface area contributed by atoms with Crippen LogP contribution in [0.1, 0.15) is 32.8 Å². The Morgan fingerprint density at radius 2 is 2.12 bits per heavy atom. The Morgan fingerprint density at radius 1 is 1.32 bits per heavy atom. The second-order valence-corrected chi connectivity index (χ2v) is 6.16. The van der Waals surface area contributed by atoms with Crippen LogP contribution < -0.4 is 4.90 Å². The third-order valence-corrected chi connectivity index (χ3v) is 4.54. The van der Waals surface area contributed by atoms with Crippen LogP contribution in [0, 0.1) is 5.92 Å². The number of hydrogen-bond donors (Lipinski definition) is 1. The van der Waals surface area contributed by atoms with Gasteiger partial charge < -0.3 is 14.7 Å². The summed E-state index contributed by atoms with van der Waals surface area (Å²) in [6.07, 6.45) is 3.30. The molecule has 3 rings (SSSR count). The number of hydrogen-bond acceptors (Lipinski definition) is 5. The first-order chi connectivity index (χ1) is 12.1. The van der Waals surface area contributed by atoms with E-state index in [1.807, 2.05) is 24.3 Å². The van der Waals surface area contributed by atoms with Crippen LogP contribution in [0.15, 0.2) is 42.6 Å². The summed E-state index contributed by atoms with van der Waals surface area (Å²) in [5, 5.41) is 9.08. The second-order valence-electron chi connectivity index (χ2n) is 6.16. The van der Waals surface area contributed by atoms with Gasteiger partial charge in [-0.1, -0.05) is 18.2 Å². The molecule has 1 N–H and O–H groups in total. The molecule has 1 unspecified atom stereocenters. The Hall–Kier alpha value is -2.89. The molecular formula is C19H20N2O4. The number of anilines is 1. The lowest BCUT2D eigenvalue weighted by Gasteiger charge is -2.19. The van der Waals surface area contributed by atoms with Crippen molar-refractivity contribution in [3.63, 3.8) is 0 Å². The summed E-state index contributed by atoms with van der Waals surface area (Å²) >= 11 is 0. The third-order valence-electron chi connectivity index (χ3n) is 4.54. The molecule has 0 amide bonds. The molecule has 0 aliphatic carbocycles. The molecule has 0 saturated carbocycles. The molecule has 1 atom stereocenters. The van der Waals surface area contributed by atoms with Crippen molar-refractivity contribution in [1.82, 2.24) is 4.98 Å². The van der Waals surface area contributed by atoms with Gasteiger partial charge in [0.1, 0.15) is 5.69 Å². The fraction of sp³-hybridized carbons (Fsp3) is 0.316. The first-order valence-corrected chi connectivity index (χ1v) is 8.19. The minimum Gasteiger partial charge on any atom is -0.477 e. The topological polar surface area (TPSA) is 79.7 Å². The molecule has 6 nitrogen and oxygen atoms in total. The highest BCUT2D eigenvalue weighted by molar-refractivity contribution is 5.91. The van der Waals surface area contributed by atoms with E-state index >= 15 is 0 Å². The number of aromatic carboxylic acids is 1. The summed E-state index contributed by atoms with van der Waals surface area (Å²) in [5.74, 6) is -0.942. The van der Waals surface area contributed by atoms with Gasteiger partial charge >= 0.3 is 11.9 Å². The Balaban J connectivity index is 1.71. The number of carboxylic acid groups (broad SMARTS) is 1. The minimum atomic E-state index is -1.02. The normalized spacial score (nSPS) is 16.7. The molecule has 2 heterocycles. The molecule has 1 aromatic heterocycles. The summed E-state index contributed by atoms with van der Waals surface area (Å²) in [6.45, 7) is 1.67. The maximum absolute atomic E-state index is 11.9. The summed E-state index contributed by atoms with van der Waals surface area (Å²) in [5.41, 5.74) is 2.52. The molecule has 1 saturated heterocycles. The quantitative estimate of drug-likeness (QED) is 0.843. The van der Waals surface area contributed by atoms with Crippen LogP contribution in [0.2, 0.25) is 0 Å². The van der Waals surface area contributed by atoms with E-state index in [9.17, 15) is 9.59 Å². The zero-order valence-electron chi connectivity index (χ0n) is 14.0. The van der Waals surface area contributed by atoms with Crippen molar-refractivity contribution in [3.8, 4) is 0 Å². The van der Waals surface area contributed by atoms with E-state index in [-0.39, 0.29) is 11.7 Å². The molecule has 0 bridgehead atoms. The van der Waals surface area contributed by atoms with E-state index in [1.165, 1.54) is 13.3 Å². The molecule has 1 aromatic carbocycles. The number of carboxylic acids is 1. The molecule has 1 fully saturated rings. The number of nitrogens with zero attached hydrogens (tertiary/aromatic N) is 2. The van der Waals surface area contributed by atoms with Crippen molar-refractivity contribution >= 4 is 17.6 Å². The number of ether oxygens (including phenoxy) is 1. The van der Waals surface area contributed by atoms with E-state index in [0.717, 1.165) is 37.2 Å². The lowest BCUT2D eigenvalue weighted by Crippen LogP contribution is -2.21. The maximum atomic E-state index is 11.9. The second kappa shape index (κ2) is 7.34. The molecule has 1 aliphatic rings. The van der Waals surface area contributed by atoms with E-state index < -0.39 is 5.97 Å². The Kier molecular flexibility index (Phi) is 4.97. The molecule has 0 radical (unpaired) electrons. The largest absolute Gasteiger partial charge is 0.477 e. The zero-order chi connectivity index (χ0) is 17.8. The van der Waals surface area contributed by atoms with Crippen LogP contribution in [0.5, 0.6) is 0 Å². The van der Waals surface area contributed by atoms with Gasteiger partial charge in [0.15, 0.2) is 0 Å². The molecule has 0 spiro atoms. The van der Waals surface area contributed by atoms with Gasteiger partial charge in [-0.3, -0.25) is 0 Å². The van der Waals surface area contributed by atoms with Gasteiger partial charge in [0.05, 0.1) is 12.7 Å². The van der Waals surface area contributed by atoms with E-state index in [1.54, 1.807) is 12.1 Å². The summed E-state index contributed by atoms with van der Waals surface area (Å²) < 4.78 is 4.86. The summed E-state index contributed by atoms with van der Waals surface area (Å²) in [7, 11) is 1.39. The lowest BCUT2D eigenvalue weighted by molar-refractivity contribution is 0.0598. The average Bonchev–Trinajstić information content (AvgIpc) is 3.10. The van der Waals surface area contributed by atoms with Gasteiger partial charge in [0.2, 0.25) is 0 Å². The SMILES string of the molecule is COC(=O)c1ccccc1CC1CCN(c2ccnc(C(=O)O)c2)C1. The van der Waals surface area contributed by atoms with Crippen molar-refractivity contribution in [2.75, 3.05) is 25.1 Å². The van der Waals surface area contributed by atoms with Gasteiger partial charge in [-0.25, -0.2) is 14.6 Å². The van der Waals surface area contributed by atoms with Crippen LogP contribution in [0.3, 0.4) is 0 Å². The summed E-state index contributed by atoms with van der Waals surface area (Å²) in [6, 6.07) is 10.9. The van der Waals surface area contributed by atoms with E-state index in [2.05, 4.69) is 9.88 Å². The minimum absolute atomic E-state index is 0.0528. The van der Waals surface area contributed by atoms with Crippen LogP contribution in [0.4, 0.5) is 5.69 Å². The number of benzene rings is 1. The molecule has 130 valence electrons. The van der Waals surface area contributed by atoms with Gasteiger partial charge in [-0.05, 0) is 42.5 Å². The van der Waals surface area contributed by atoms with Gasteiger partial charge in [-0.15, -0.1) is 0 Å². The van der Waals surface area contributed by atoms with Crippen molar-refractivity contribution < 1.29 is 19.4 Å². The fourth-order valence-electron chi connectivity index (χ4n) is 3.29. The smallest absolute Gasteiger partial charge is 0.354 e. The van der Waals surface area contributed by atoms with Crippen molar-refractivity contribution in [1.29, 1.82) is 0 Å². The highest BCUT2D eigenvalue weighted by Gasteiger charge is 2.25. The van der Waals surface area contributed by atoms with Crippen LogP contribution in [-0.2, 0) is 11.2 Å².